The zero-order valence-electron chi connectivity index (χ0n) is 12.4. The molecule has 0 bridgehead atoms. The number of nitrogens with zero attached hydrogens (tertiary/aromatic N) is 2. The van der Waals surface area contributed by atoms with Crippen LogP contribution in [-0.2, 0) is 4.79 Å². The Morgan fingerprint density at radius 1 is 1.23 bits per heavy atom. The van der Waals surface area contributed by atoms with Crippen molar-refractivity contribution in [3.8, 4) is 0 Å². The number of rotatable bonds is 3. The van der Waals surface area contributed by atoms with Crippen molar-refractivity contribution >= 4 is 12.0 Å². The van der Waals surface area contributed by atoms with Crippen molar-refractivity contribution < 1.29 is 14.7 Å². The number of nitrogens with one attached hydrogen (secondary N) is 1. The molecule has 0 unspecified atom stereocenters. The molecule has 2 amide bonds. The van der Waals surface area contributed by atoms with E-state index in [1.54, 1.807) is 17.2 Å². The number of amides is 2. The molecule has 118 valence electrons. The highest BCUT2D eigenvalue weighted by atomic mass is 16.4. The predicted octanol–water partition coefficient (Wildman–Crippen LogP) is 1.83. The average molecular weight is 303 g/mol. The van der Waals surface area contributed by atoms with Crippen LogP contribution in [0.2, 0.25) is 0 Å². The van der Waals surface area contributed by atoms with Gasteiger partial charge in [-0.1, -0.05) is 18.9 Å². The molecule has 2 fully saturated rings. The molecule has 6 heteroatoms. The van der Waals surface area contributed by atoms with Crippen molar-refractivity contribution in [3.05, 3.63) is 30.1 Å². The Labute approximate surface area is 129 Å². The van der Waals surface area contributed by atoms with Crippen LogP contribution in [0.5, 0.6) is 0 Å². The Morgan fingerprint density at radius 2 is 2.00 bits per heavy atom. The smallest absolute Gasteiger partial charge is 0.317 e. The maximum Gasteiger partial charge on any atom is 0.317 e. The molecule has 1 aromatic rings. The first-order valence-corrected chi connectivity index (χ1v) is 7.84. The Hall–Kier alpha value is -2.11. The molecule has 1 aliphatic carbocycles. The molecule has 2 aliphatic rings. The van der Waals surface area contributed by atoms with Gasteiger partial charge >= 0.3 is 12.0 Å². The number of urea groups is 1. The molecular weight excluding hydrogens is 282 g/mol. The zero-order chi connectivity index (χ0) is 15.5. The van der Waals surface area contributed by atoms with Crippen LogP contribution in [0.4, 0.5) is 4.79 Å². The van der Waals surface area contributed by atoms with E-state index in [2.05, 4.69) is 10.3 Å². The third-order valence-corrected chi connectivity index (χ3v) is 4.67. The van der Waals surface area contributed by atoms with E-state index in [9.17, 15) is 14.7 Å². The van der Waals surface area contributed by atoms with E-state index in [0.717, 1.165) is 31.4 Å². The number of hydrogen-bond acceptors (Lipinski definition) is 3. The lowest BCUT2D eigenvalue weighted by Crippen LogP contribution is -2.43. The number of aliphatic carboxylic acids is 1. The number of hydrogen-bond donors (Lipinski definition) is 2. The lowest BCUT2D eigenvalue weighted by molar-refractivity contribution is -0.141. The second kappa shape index (κ2) is 6.34. The molecule has 1 saturated carbocycles. The fourth-order valence-corrected chi connectivity index (χ4v) is 3.45. The summed E-state index contributed by atoms with van der Waals surface area (Å²) in [6, 6.07) is 5.58. The van der Waals surface area contributed by atoms with Crippen LogP contribution in [0.25, 0.3) is 0 Å². The van der Waals surface area contributed by atoms with Crippen LogP contribution < -0.4 is 5.32 Å². The van der Waals surface area contributed by atoms with Gasteiger partial charge in [0, 0.05) is 36.9 Å². The van der Waals surface area contributed by atoms with Gasteiger partial charge in [0.1, 0.15) is 0 Å². The van der Waals surface area contributed by atoms with Crippen LogP contribution in [0.1, 0.15) is 37.3 Å². The van der Waals surface area contributed by atoms with Crippen LogP contribution >= 0.6 is 0 Å². The number of carbonyl (C=O) groups excluding carboxylic acids is 1. The summed E-state index contributed by atoms with van der Waals surface area (Å²) < 4.78 is 0. The highest BCUT2D eigenvalue weighted by molar-refractivity contribution is 5.78. The quantitative estimate of drug-likeness (QED) is 0.892. The van der Waals surface area contributed by atoms with Gasteiger partial charge in [-0.15, -0.1) is 0 Å². The van der Waals surface area contributed by atoms with E-state index in [4.69, 9.17) is 0 Å². The lowest BCUT2D eigenvalue weighted by atomic mass is 9.93. The Balaban J connectivity index is 1.70. The largest absolute Gasteiger partial charge is 0.481 e. The number of likely N-dealkylation sites (tertiary alicyclic amines) is 1. The van der Waals surface area contributed by atoms with Crippen molar-refractivity contribution in [2.45, 2.75) is 37.6 Å². The van der Waals surface area contributed by atoms with E-state index in [0.29, 0.717) is 6.54 Å². The van der Waals surface area contributed by atoms with Crippen molar-refractivity contribution in [2.75, 3.05) is 13.1 Å². The summed E-state index contributed by atoms with van der Waals surface area (Å²) in [6.07, 6.45) is 6.01. The number of aromatic nitrogens is 1. The van der Waals surface area contributed by atoms with Gasteiger partial charge in [-0.25, -0.2) is 4.79 Å². The van der Waals surface area contributed by atoms with Gasteiger partial charge in [0.25, 0.3) is 0 Å². The van der Waals surface area contributed by atoms with Gasteiger partial charge in [0.15, 0.2) is 0 Å². The summed E-state index contributed by atoms with van der Waals surface area (Å²) in [7, 11) is 0. The van der Waals surface area contributed by atoms with Gasteiger partial charge in [-0.2, -0.15) is 0 Å². The van der Waals surface area contributed by atoms with Crippen LogP contribution in [0, 0.1) is 5.92 Å². The average Bonchev–Trinajstić information content (AvgIpc) is 3.17. The van der Waals surface area contributed by atoms with Crippen molar-refractivity contribution in [1.29, 1.82) is 0 Å². The Morgan fingerprint density at radius 3 is 2.64 bits per heavy atom. The minimum absolute atomic E-state index is 0.142. The fraction of sp³-hybridized carbons (Fsp3) is 0.562. The molecule has 2 heterocycles. The van der Waals surface area contributed by atoms with Crippen molar-refractivity contribution in [1.82, 2.24) is 15.2 Å². The van der Waals surface area contributed by atoms with E-state index < -0.39 is 11.9 Å². The Bertz CT molecular complexity index is 543. The highest BCUT2D eigenvalue weighted by Crippen LogP contribution is 2.32. The molecule has 0 spiro atoms. The number of carbonyl (C=O) groups is 2. The predicted molar refractivity (Wildman–Crippen MR) is 80.5 cm³/mol. The fourth-order valence-electron chi connectivity index (χ4n) is 3.45. The molecule has 1 aliphatic heterocycles. The molecule has 6 nitrogen and oxygen atoms in total. The molecule has 0 aromatic carbocycles. The van der Waals surface area contributed by atoms with Crippen LogP contribution in [0.3, 0.4) is 0 Å². The summed E-state index contributed by atoms with van der Waals surface area (Å²) in [6.45, 7) is 0.654. The summed E-state index contributed by atoms with van der Waals surface area (Å²) in [5.41, 5.74) is 0.742. The van der Waals surface area contributed by atoms with E-state index in [1.807, 2.05) is 12.1 Å². The summed E-state index contributed by atoms with van der Waals surface area (Å²) in [5, 5.41) is 12.5. The third kappa shape index (κ3) is 3.05. The molecule has 2 N–H and O–H groups in total. The van der Waals surface area contributed by atoms with Crippen molar-refractivity contribution in [3.63, 3.8) is 0 Å². The van der Waals surface area contributed by atoms with Gasteiger partial charge < -0.3 is 15.3 Å². The van der Waals surface area contributed by atoms with Gasteiger partial charge in [0.2, 0.25) is 0 Å². The summed E-state index contributed by atoms with van der Waals surface area (Å²) in [4.78, 5) is 29.7. The molecule has 1 saturated heterocycles. The van der Waals surface area contributed by atoms with E-state index in [-0.39, 0.29) is 24.5 Å². The van der Waals surface area contributed by atoms with Gasteiger partial charge in [0.05, 0.1) is 5.92 Å². The molecule has 22 heavy (non-hydrogen) atoms. The maximum absolute atomic E-state index is 12.3. The molecule has 0 radical (unpaired) electrons. The van der Waals surface area contributed by atoms with Gasteiger partial charge in [-0.05, 0) is 25.0 Å². The standard InChI is InChI=1S/C16H21N3O3/c20-15(21)13-10-19(16(22)18-11-5-1-2-6-11)9-12(13)14-7-3-4-8-17-14/h3-4,7-8,11-13H,1-2,5-6,9-10H2,(H,18,22)(H,20,21)/t12-,13-/m1/s1. The zero-order valence-corrected chi connectivity index (χ0v) is 12.4. The SMILES string of the molecule is O=C(O)[C@@H]1CN(C(=O)NC2CCCC2)C[C@H]1c1ccccn1. The first-order chi connectivity index (χ1) is 10.6. The van der Waals surface area contributed by atoms with E-state index >= 15 is 0 Å². The first-order valence-electron chi connectivity index (χ1n) is 7.84. The van der Waals surface area contributed by atoms with Gasteiger partial charge in [-0.3, -0.25) is 9.78 Å². The minimum Gasteiger partial charge on any atom is -0.481 e. The minimum atomic E-state index is -0.869. The number of carboxylic acids is 1. The molecule has 1 aromatic heterocycles. The van der Waals surface area contributed by atoms with E-state index in [1.165, 1.54) is 0 Å². The second-order valence-corrected chi connectivity index (χ2v) is 6.14. The van der Waals surface area contributed by atoms with Crippen LogP contribution in [0.15, 0.2) is 24.4 Å². The topological polar surface area (TPSA) is 82.5 Å². The first kappa shape index (κ1) is 14.8. The Kier molecular flexibility index (Phi) is 4.27. The monoisotopic (exact) mass is 303 g/mol. The van der Waals surface area contributed by atoms with Crippen molar-refractivity contribution in [2.24, 2.45) is 5.92 Å². The highest BCUT2D eigenvalue weighted by Gasteiger charge is 2.41. The normalized spacial score (nSPS) is 25.4. The third-order valence-electron chi connectivity index (χ3n) is 4.67. The molecule has 3 rings (SSSR count). The van der Waals surface area contributed by atoms with Crippen LogP contribution in [-0.4, -0.2) is 46.1 Å². The maximum atomic E-state index is 12.3. The number of pyridine rings is 1. The summed E-state index contributed by atoms with van der Waals surface area (Å²) in [5.74, 6) is -1.70. The lowest BCUT2D eigenvalue weighted by Gasteiger charge is -2.20. The second-order valence-electron chi connectivity index (χ2n) is 6.14. The number of carboxylic acid groups (broad SMARTS) is 1. The summed E-state index contributed by atoms with van der Waals surface area (Å²) >= 11 is 0. The molecular formula is C16H21N3O3. The molecule has 2 atom stereocenters.